The molecule has 9 heteroatoms. The second-order valence-electron chi connectivity index (χ2n) is 5.02. The molecule has 0 rings (SSSR count). The lowest BCUT2D eigenvalue weighted by Gasteiger charge is -2.17. The fourth-order valence-electron chi connectivity index (χ4n) is 1.68. The highest BCUT2D eigenvalue weighted by molar-refractivity contribution is 5.88. The van der Waals surface area contributed by atoms with E-state index in [-0.39, 0.29) is 25.9 Å². The van der Waals surface area contributed by atoms with Gasteiger partial charge in [-0.25, -0.2) is 0 Å². The van der Waals surface area contributed by atoms with Gasteiger partial charge in [0.25, 0.3) is 0 Å². The topological polar surface area (TPSA) is 165 Å². The van der Waals surface area contributed by atoms with Gasteiger partial charge in [0.1, 0.15) is 0 Å². The van der Waals surface area contributed by atoms with Crippen molar-refractivity contribution in [1.29, 1.82) is 0 Å². The smallest absolute Gasteiger partial charge is 0.306 e. The summed E-state index contributed by atoms with van der Waals surface area (Å²) in [5, 5.41) is 0. The Kier molecular flexibility index (Phi) is 10.3. The number of carbonyl (C=O) groups is 4. The van der Waals surface area contributed by atoms with Crippen molar-refractivity contribution in [2.75, 3.05) is 13.2 Å². The molecule has 0 fully saturated rings. The van der Waals surface area contributed by atoms with E-state index >= 15 is 0 Å². The van der Waals surface area contributed by atoms with Gasteiger partial charge < -0.3 is 26.7 Å². The Morgan fingerprint density at radius 1 is 0.913 bits per heavy atom. The number of unbranched alkanes of at least 4 members (excludes halogenated alkanes) is 1. The summed E-state index contributed by atoms with van der Waals surface area (Å²) < 4.78 is 9.76. The minimum absolute atomic E-state index is 0.0217. The summed E-state index contributed by atoms with van der Waals surface area (Å²) in [6, 6.07) is -1.24. The molecule has 23 heavy (non-hydrogen) atoms. The van der Waals surface area contributed by atoms with Gasteiger partial charge in [0.15, 0.2) is 0 Å². The van der Waals surface area contributed by atoms with Crippen LogP contribution in [-0.2, 0) is 28.7 Å². The average molecular weight is 331 g/mol. The summed E-state index contributed by atoms with van der Waals surface area (Å²) in [7, 11) is 0. The molecule has 0 aliphatic heterocycles. The van der Waals surface area contributed by atoms with Gasteiger partial charge in [0.2, 0.25) is 11.8 Å². The molecule has 2 amide bonds. The molecule has 0 spiro atoms. The highest BCUT2D eigenvalue weighted by atomic mass is 16.5. The molecule has 0 aliphatic rings. The van der Waals surface area contributed by atoms with Gasteiger partial charge in [-0.2, -0.15) is 0 Å². The summed E-state index contributed by atoms with van der Waals surface area (Å²) in [5.74, 6) is -3.77. The zero-order valence-corrected chi connectivity index (χ0v) is 13.3. The van der Waals surface area contributed by atoms with E-state index in [2.05, 4.69) is 0 Å². The van der Waals surface area contributed by atoms with E-state index in [9.17, 15) is 19.2 Å². The van der Waals surface area contributed by atoms with Crippen molar-refractivity contribution in [3.8, 4) is 0 Å². The molecule has 0 saturated carbocycles. The Morgan fingerprint density at radius 3 is 1.87 bits per heavy atom. The van der Waals surface area contributed by atoms with E-state index in [4.69, 9.17) is 26.7 Å². The maximum atomic E-state index is 11.5. The van der Waals surface area contributed by atoms with Gasteiger partial charge in [-0.1, -0.05) is 13.3 Å². The van der Waals surface area contributed by atoms with Gasteiger partial charge in [0.05, 0.1) is 38.0 Å². The molecule has 0 heterocycles. The standard InChI is InChI=1S/C14H25N3O6/c1-2-3-7-22-10(18)4-5-11(19)23-8-6-9(13(16)20)12(15)14(17)21/h9,12H,2-8,15H2,1H3,(H2,16,20)(H2,17,21). The number of carbonyl (C=O) groups excluding carboxylic acids is 4. The highest BCUT2D eigenvalue weighted by Gasteiger charge is 2.27. The fraction of sp³-hybridized carbons (Fsp3) is 0.714. The van der Waals surface area contributed by atoms with Crippen molar-refractivity contribution in [2.24, 2.45) is 23.1 Å². The van der Waals surface area contributed by atoms with Crippen molar-refractivity contribution in [3.05, 3.63) is 0 Å². The molecular weight excluding hydrogens is 306 g/mol. The van der Waals surface area contributed by atoms with Crippen molar-refractivity contribution in [3.63, 3.8) is 0 Å². The summed E-state index contributed by atoms with van der Waals surface area (Å²) in [5.41, 5.74) is 15.6. The number of rotatable bonds is 12. The van der Waals surface area contributed by atoms with Crippen LogP contribution in [0.15, 0.2) is 0 Å². The second-order valence-corrected chi connectivity index (χ2v) is 5.02. The maximum absolute atomic E-state index is 11.5. The van der Waals surface area contributed by atoms with Crippen LogP contribution in [0.1, 0.15) is 39.0 Å². The van der Waals surface area contributed by atoms with Crippen LogP contribution in [0, 0.1) is 5.92 Å². The van der Waals surface area contributed by atoms with Gasteiger partial charge in [-0.3, -0.25) is 19.2 Å². The predicted molar refractivity (Wildman–Crippen MR) is 80.5 cm³/mol. The van der Waals surface area contributed by atoms with Crippen LogP contribution >= 0.6 is 0 Å². The molecule has 2 atom stereocenters. The van der Waals surface area contributed by atoms with Crippen LogP contribution in [0.4, 0.5) is 0 Å². The SMILES string of the molecule is CCCCOC(=O)CCC(=O)OCCC(C(N)=O)C(N)C(N)=O. The molecule has 0 aromatic carbocycles. The normalized spacial score (nSPS) is 13.0. The van der Waals surface area contributed by atoms with E-state index < -0.39 is 35.7 Å². The third-order valence-corrected chi connectivity index (χ3v) is 3.11. The first-order chi connectivity index (χ1) is 10.8. The van der Waals surface area contributed by atoms with Crippen LogP contribution in [0.25, 0.3) is 0 Å². The number of ether oxygens (including phenoxy) is 2. The molecule has 9 nitrogen and oxygen atoms in total. The molecule has 2 unspecified atom stereocenters. The lowest BCUT2D eigenvalue weighted by molar-refractivity contribution is -0.150. The number of hydrogen-bond acceptors (Lipinski definition) is 7. The monoisotopic (exact) mass is 331 g/mol. The zero-order chi connectivity index (χ0) is 17.8. The Morgan fingerprint density at radius 2 is 1.43 bits per heavy atom. The Hall–Kier alpha value is -2.16. The van der Waals surface area contributed by atoms with Gasteiger partial charge in [0, 0.05) is 0 Å². The molecule has 6 N–H and O–H groups in total. The van der Waals surface area contributed by atoms with Gasteiger partial charge in [-0.15, -0.1) is 0 Å². The van der Waals surface area contributed by atoms with Gasteiger partial charge in [-0.05, 0) is 12.8 Å². The number of esters is 2. The van der Waals surface area contributed by atoms with E-state index in [0.717, 1.165) is 12.8 Å². The first-order valence-electron chi connectivity index (χ1n) is 7.45. The fourth-order valence-corrected chi connectivity index (χ4v) is 1.68. The Bertz CT molecular complexity index is 427. The number of nitrogens with two attached hydrogens (primary N) is 3. The molecule has 0 aromatic rings. The van der Waals surface area contributed by atoms with Gasteiger partial charge >= 0.3 is 11.9 Å². The Labute approximate surface area is 134 Å². The third kappa shape index (κ3) is 9.46. The number of amides is 2. The minimum Gasteiger partial charge on any atom is -0.466 e. The van der Waals surface area contributed by atoms with Crippen LogP contribution < -0.4 is 17.2 Å². The van der Waals surface area contributed by atoms with Crippen LogP contribution in [-0.4, -0.2) is 43.0 Å². The van der Waals surface area contributed by atoms with Crippen molar-refractivity contribution in [1.82, 2.24) is 0 Å². The largest absolute Gasteiger partial charge is 0.466 e. The lowest BCUT2D eigenvalue weighted by atomic mass is 9.96. The molecule has 0 saturated heterocycles. The van der Waals surface area contributed by atoms with Crippen molar-refractivity contribution >= 4 is 23.8 Å². The van der Waals surface area contributed by atoms with E-state index in [1.165, 1.54) is 0 Å². The summed E-state index contributed by atoms with van der Waals surface area (Å²) >= 11 is 0. The molecular formula is C14H25N3O6. The second kappa shape index (κ2) is 11.4. The van der Waals surface area contributed by atoms with Crippen molar-refractivity contribution in [2.45, 2.75) is 45.1 Å². The van der Waals surface area contributed by atoms with Crippen LogP contribution in [0.3, 0.4) is 0 Å². The maximum Gasteiger partial charge on any atom is 0.306 e. The van der Waals surface area contributed by atoms with E-state index in [1.807, 2.05) is 6.92 Å². The van der Waals surface area contributed by atoms with E-state index in [1.54, 1.807) is 0 Å². The molecule has 132 valence electrons. The highest BCUT2D eigenvalue weighted by Crippen LogP contribution is 2.08. The lowest BCUT2D eigenvalue weighted by Crippen LogP contribution is -2.48. The minimum atomic E-state index is -1.24. The molecule has 0 radical (unpaired) electrons. The predicted octanol–water partition coefficient (Wildman–Crippen LogP) is -1.04. The first kappa shape index (κ1) is 20.8. The number of hydrogen-bond donors (Lipinski definition) is 3. The molecule has 0 bridgehead atoms. The summed E-state index contributed by atoms with van der Waals surface area (Å²) in [6.07, 6.45) is 1.44. The zero-order valence-electron chi connectivity index (χ0n) is 13.3. The first-order valence-corrected chi connectivity index (χ1v) is 7.45. The van der Waals surface area contributed by atoms with Crippen LogP contribution in [0.5, 0.6) is 0 Å². The third-order valence-electron chi connectivity index (χ3n) is 3.11. The average Bonchev–Trinajstić information content (AvgIpc) is 2.48. The summed E-state index contributed by atoms with van der Waals surface area (Å²) in [6.45, 7) is 2.14. The number of primary amides is 2. The summed E-state index contributed by atoms with van der Waals surface area (Å²) in [4.78, 5) is 44.9. The van der Waals surface area contributed by atoms with Crippen molar-refractivity contribution < 1.29 is 28.7 Å². The quantitative estimate of drug-likeness (QED) is 0.303. The molecule has 0 aliphatic carbocycles. The van der Waals surface area contributed by atoms with Crippen LogP contribution in [0.2, 0.25) is 0 Å². The Balaban J connectivity index is 4.02. The molecule has 0 aromatic heterocycles. The van der Waals surface area contributed by atoms with E-state index in [0.29, 0.717) is 6.61 Å².